The monoisotopic (exact) mass is 352 g/mol. The Kier molecular flexibility index (Phi) is 11.8. The number of hydrogen-bond acceptors (Lipinski definition) is 6. The quantitative estimate of drug-likeness (QED) is 0.174. The summed E-state index contributed by atoms with van der Waals surface area (Å²) in [6.45, 7) is 11.8. The highest BCUT2D eigenvalue weighted by molar-refractivity contribution is 5.95. The molecule has 0 aromatic rings. The minimum Gasteiger partial charge on any atom is -0.460 e. The van der Waals surface area contributed by atoms with Gasteiger partial charge in [0.1, 0.15) is 0 Å². The van der Waals surface area contributed by atoms with Gasteiger partial charge in [-0.3, -0.25) is 0 Å². The number of unbranched alkanes of at least 4 members (excludes halogenated alkanes) is 5. The van der Waals surface area contributed by atoms with Gasteiger partial charge in [-0.05, 0) is 20.3 Å². The molecule has 0 saturated heterocycles. The van der Waals surface area contributed by atoms with E-state index < -0.39 is 23.7 Å². The van der Waals surface area contributed by atoms with E-state index in [1.807, 2.05) is 0 Å². The first kappa shape index (κ1) is 22.6. The van der Waals surface area contributed by atoms with Gasteiger partial charge >= 0.3 is 17.9 Å². The zero-order chi connectivity index (χ0) is 19.2. The molecule has 6 nitrogen and oxygen atoms in total. The third kappa shape index (κ3) is 10.2. The fourth-order valence-corrected chi connectivity index (χ4v) is 1.79. The van der Waals surface area contributed by atoms with Crippen molar-refractivity contribution in [3.63, 3.8) is 0 Å². The first-order valence-corrected chi connectivity index (χ1v) is 8.43. The first-order valence-electron chi connectivity index (χ1n) is 8.43. The number of esters is 3. The van der Waals surface area contributed by atoms with E-state index in [-0.39, 0.29) is 17.9 Å². The average molecular weight is 352 g/mol. The third-order valence-electron chi connectivity index (χ3n) is 3.20. The molecule has 0 amide bonds. The van der Waals surface area contributed by atoms with E-state index in [2.05, 4.69) is 20.1 Å². The van der Waals surface area contributed by atoms with Crippen LogP contribution in [-0.2, 0) is 28.6 Å². The van der Waals surface area contributed by atoms with Crippen molar-refractivity contribution in [2.45, 2.75) is 59.3 Å². The van der Waals surface area contributed by atoms with Crippen LogP contribution < -0.4 is 0 Å². The number of allylic oxidation sites excluding steroid dienone is 1. The van der Waals surface area contributed by atoms with Crippen molar-refractivity contribution in [1.29, 1.82) is 0 Å². The Morgan fingerprint density at radius 1 is 0.920 bits per heavy atom. The number of carbonyl (C=O) groups is 3. The molecule has 0 rings (SSSR count). The summed E-state index contributed by atoms with van der Waals surface area (Å²) in [7, 11) is 0. The SMILES string of the molecule is C=CC(=O)O/C(C)=C(/OC(=O)C(=C)C)C(=O)OCCCCCCCC. The predicted molar refractivity (Wildman–Crippen MR) is 94.2 cm³/mol. The normalized spacial score (nSPS) is 11.2. The van der Waals surface area contributed by atoms with Crippen LogP contribution in [0.2, 0.25) is 0 Å². The zero-order valence-corrected chi connectivity index (χ0v) is 15.4. The lowest BCUT2D eigenvalue weighted by atomic mass is 10.1. The van der Waals surface area contributed by atoms with Crippen LogP contribution in [0.4, 0.5) is 0 Å². The smallest absolute Gasteiger partial charge is 0.378 e. The van der Waals surface area contributed by atoms with Gasteiger partial charge in [-0.2, -0.15) is 0 Å². The van der Waals surface area contributed by atoms with E-state index in [1.54, 1.807) is 0 Å². The summed E-state index contributed by atoms with van der Waals surface area (Å²) < 4.78 is 14.9. The summed E-state index contributed by atoms with van der Waals surface area (Å²) in [5.74, 6) is -3.08. The predicted octanol–water partition coefficient (Wildman–Crippen LogP) is 3.97. The molecule has 0 atom stereocenters. The van der Waals surface area contributed by atoms with Crippen LogP contribution in [0.5, 0.6) is 0 Å². The number of hydrogen-bond donors (Lipinski definition) is 0. The van der Waals surface area contributed by atoms with Gasteiger partial charge in [0.05, 0.1) is 6.61 Å². The van der Waals surface area contributed by atoms with Gasteiger partial charge in [-0.25, -0.2) is 14.4 Å². The van der Waals surface area contributed by atoms with Crippen molar-refractivity contribution in [3.05, 3.63) is 36.3 Å². The Labute approximate surface area is 149 Å². The van der Waals surface area contributed by atoms with Crippen molar-refractivity contribution in [2.24, 2.45) is 0 Å². The second-order valence-corrected chi connectivity index (χ2v) is 5.58. The summed E-state index contributed by atoms with van der Waals surface area (Å²) in [5, 5.41) is 0. The molecule has 25 heavy (non-hydrogen) atoms. The minimum atomic E-state index is -0.863. The fourth-order valence-electron chi connectivity index (χ4n) is 1.79. The lowest BCUT2D eigenvalue weighted by Crippen LogP contribution is -2.18. The van der Waals surface area contributed by atoms with Crippen molar-refractivity contribution < 1.29 is 28.6 Å². The number of carbonyl (C=O) groups excluding carboxylic acids is 3. The first-order chi connectivity index (χ1) is 11.8. The molecule has 0 unspecified atom stereocenters. The van der Waals surface area contributed by atoms with Crippen LogP contribution in [0.15, 0.2) is 36.3 Å². The molecular weight excluding hydrogens is 324 g/mol. The summed E-state index contributed by atoms with van der Waals surface area (Å²) >= 11 is 0. The van der Waals surface area contributed by atoms with E-state index in [1.165, 1.54) is 26.7 Å². The standard InChI is InChI=1S/C19H28O6/c1-6-8-9-10-11-12-13-23-19(22)17(25-18(21)14(3)4)15(5)24-16(20)7-2/h7H,2-3,6,8-13H2,1,4-5H3/b17-15+. The van der Waals surface area contributed by atoms with Crippen LogP contribution in [0, 0.1) is 0 Å². The topological polar surface area (TPSA) is 78.9 Å². The second kappa shape index (κ2) is 13.0. The van der Waals surface area contributed by atoms with Gasteiger partial charge in [0.15, 0.2) is 5.76 Å². The fraction of sp³-hybridized carbons (Fsp3) is 0.526. The Balaban J connectivity index is 4.73. The maximum Gasteiger partial charge on any atom is 0.378 e. The molecule has 140 valence electrons. The molecule has 0 fully saturated rings. The van der Waals surface area contributed by atoms with Gasteiger partial charge in [0.2, 0.25) is 0 Å². The molecule has 0 bridgehead atoms. The number of rotatable bonds is 12. The molecule has 6 heteroatoms. The van der Waals surface area contributed by atoms with Crippen LogP contribution in [-0.4, -0.2) is 24.5 Å². The Bertz CT molecular complexity index is 530. The summed E-state index contributed by atoms with van der Waals surface area (Å²) in [6.07, 6.45) is 7.18. The molecule has 0 heterocycles. The molecule has 0 aliphatic carbocycles. The molecule has 0 radical (unpaired) electrons. The van der Waals surface area contributed by atoms with Gasteiger partial charge in [0, 0.05) is 11.6 Å². The maximum atomic E-state index is 12.1. The van der Waals surface area contributed by atoms with Crippen LogP contribution in [0.1, 0.15) is 59.3 Å². The molecule has 0 aromatic heterocycles. The van der Waals surface area contributed by atoms with Gasteiger partial charge in [-0.1, -0.05) is 52.2 Å². The number of ether oxygens (including phenoxy) is 3. The maximum absolute atomic E-state index is 12.1. The van der Waals surface area contributed by atoms with Crippen LogP contribution in [0.25, 0.3) is 0 Å². The molecular formula is C19H28O6. The largest absolute Gasteiger partial charge is 0.460 e. The molecule has 0 N–H and O–H groups in total. The Morgan fingerprint density at radius 2 is 1.52 bits per heavy atom. The highest BCUT2D eigenvalue weighted by Gasteiger charge is 2.23. The van der Waals surface area contributed by atoms with E-state index in [4.69, 9.17) is 14.2 Å². The van der Waals surface area contributed by atoms with E-state index in [9.17, 15) is 14.4 Å². The minimum absolute atomic E-state index is 0.101. The van der Waals surface area contributed by atoms with Crippen molar-refractivity contribution >= 4 is 17.9 Å². The summed E-state index contributed by atoms with van der Waals surface area (Å²) in [6, 6.07) is 0. The van der Waals surface area contributed by atoms with Gasteiger partial charge in [0.25, 0.3) is 5.76 Å². The highest BCUT2D eigenvalue weighted by Crippen LogP contribution is 2.14. The Morgan fingerprint density at radius 3 is 2.08 bits per heavy atom. The highest BCUT2D eigenvalue weighted by atomic mass is 16.6. The molecule has 0 aromatic carbocycles. The lowest BCUT2D eigenvalue weighted by Gasteiger charge is -2.12. The molecule has 0 saturated carbocycles. The summed E-state index contributed by atoms with van der Waals surface area (Å²) in [5.41, 5.74) is 0.101. The van der Waals surface area contributed by atoms with Gasteiger partial charge < -0.3 is 14.2 Å². The van der Waals surface area contributed by atoms with E-state index in [0.29, 0.717) is 6.42 Å². The molecule has 0 spiro atoms. The van der Waals surface area contributed by atoms with Crippen molar-refractivity contribution in [3.8, 4) is 0 Å². The van der Waals surface area contributed by atoms with Crippen LogP contribution >= 0.6 is 0 Å². The Hall–Kier alpha value is -2.37. The van der Waals surface area contributed by atoms with Crippen molar-refractivity contribution in [2.75, 3.05) is 6.61 Å². The molecule has 0 aliphatic rings. The molecule has 0 aliphatic heterocycles. The third-order valence-corrected chi connectivity index (χ3v) is 3.20. The second-order valence-electron chi connectivity index (χ2n) is 5.58. The van der Waals surface area contributed by atoms with Gasteiger partial charge in [-0.15, -0.1) is 0 Å². The van der Waals surface area contributed by atoms with E-state index in [0.717, 1.165) is 25.3 Å². The van der Waals surface area contributed by atoms with E-state index >= 15 is 0 Å². The average Bonchev–Trinajstić information content (AvgIpc) is 2.57. The van der Waals surface area contributed by atoms with Crippen LogP contribution in [0.3, 0.4) is 0 Å². The summed E-state index contributed by atoms with van der Waals surface area (Å²) in [4.78, 5) is 35.1. The lowest BCUT2D eigenvalue weighted by molar-refractivity contribution is -0.151. The zero-order valence-electron chi connectivity index (χ0n) is 15.4. The van der Waals surface area contributed by atoms with Crippen molar-refractivity contribution in [1.82, 2.24) is 0 Å².